The van der Waals surface area contributed by atoms with E-state index in [0.29, 0.717) is 11.8 Å². The molecule has 0 saturated heterocycles. The van der Waals surface area contributed by atoms with Crippen LogP contribution in [0.4, 0.5) is 0 Å². The van der Waals surface area contributed by atoms with Gasteiger partial charge in [-0.15, -0.1) is 11.3 Å². The number of carbonyl (C=O) groups is 1. The summed E-state index contributed by atoms with van der Waals surface area (Å²) in [4.78, 5) is 23.1. The van der Waals surface area contributed by atoms with Crippen LogP contribution in [0.25, 0.3) is 10.1 Å². The molecule has 0 fully saturated rings. The van der Waals surface area contributed by atoms with E-state index in [-0.39, 0.29) is 17.9 Å². The molecule has 0 spiro atoms. The number of aromatic nitrogens is 1. The number of Topliss-reactive ketones (excluding diaryl/α,β-unsaturated/α-hetero) is 1. The van der Waals surface area contributed by atoms with E-state index in [2.05, 4.69) is 0 Å². The number of thiophene rings is 1. The highest BCUT2D eigenvalue weighted by molar-refractivity contribution is 7.17. The first-order chi connectivity index (χ1) is 7.22. The predicted molar refractivity (Wildman–Crippen MR) is 61.4 cm³/mol. The maximum Gasteiger partial charge on any atom is 0.259 e. The third-order valence-electron chi connectivity index (χ3n) is 2.33. The molecule has 0 aliphatic rings. The number of hydrogen-bond donors (Lipinski definition) is 0. The zero-order valence-electron chi connectivity index (χ0n) is 8.40. The average molecular weight is 221 g/mol. The minimum atomic E-state index is -0.0736. The van der Waals surface area contributed by atoms with Gasteiger partial charge < -0.3 is 4.57 Å². The Balaban J connectivity index is 2.48. The molecule has 78 valence electrons. The number of rotatable bonds is 3. The van der Waals surface area contributed by atoms with E-state index in [0.717, 1.165) is 4.70 Å². The van der Waals surface area contributed by atoms with Crippen LogP contribution in [0.1, 0.15) is 13.3 Å². The molecule has 0 N–H and O–H groups in total. The highest BCUT2D eigenvalue weighted by Crippen LogP contribution is 2.16. The molecule has 0 atom stereocenters. The van der Waals surface area contributed by atoms with Gasteiger partial charge in [0.2, 0.25) is 0 Å². The van der Waals surface area contributed by atoms with Gasteiger partial charge in [0.25, 0.3) is 5.56 Å². The Hall–Kier alpha value is -1.42. The Morgan fingerprint density at radius 3 is 3.00 bits per heavy atom. The first-order valence-electron chi connectivity index (χ1n) is 4.80. The lowest BCUT2D eigenvalue weighted by Crippen LogP contribution is -2.22. The first kappa shape index (κ1) is 10.1. The van der Waals surface area contributed by atoms with Crippen molar-refractivity contribution in [3.05, 3.63) is 34.1 Å². The Labute approximate surface area is 91.0 Å². The summed E-state index contributed by atoms with van der Waals surface area (Å²) in [6.07, 6.45) is 2.16. The fourth-order valence-corrected chi connectivity index (χ4v) is 2.21. The predicted octanol–water partition coefficient (Wildman–Crippen LogP) is 2.04. The van der Waals surface area contributed by atoms with Crippen molar-refractivity contribution in [3.63, 3.8) is 0 Å². The van der Waals surface area contributed by atoms with Crippen LogP contribution in [-0.2, 0) is 11.3 Å². The molecule has 4 heteroatoms. The van der Waals surface area contributed by atoms with Crippen molar-refractivity contribution >= 4 is 27.2 Å². The van der Waals surface area contributed by atoms with Gasteiger partial charge in [-0.2, -0.15) is 0 Å². The number of nitrogens with zero attached hydrogens (tertiary/aromatic N) is 1. The van der Waals surface area contributed by atoms with E-state index >= 15 is 0 Å². The summed E-state index contributed by atoms with van der Waals surface area (Å²) in [6, 6.07) is 3.68. The fraction of sp³-hybridized carbons (Fsp3) is 0.273. The first-order valence-corrected chi connectivity index (χ1v) is 5.68. The highest BCUT2D eigenvalue weighted by atomic mass is 32.1. The molecule has 2 rings (SSSR count). The molecule has 0 saturated carbocycles. The van der Waals surface area contributed by atoms with Crippen molar-refractivity contribution < 1.29 is 4.79 Å². The van der Waals surface area contributed by atoms with Crippen LogP contribution in [0.15, 0.2) is 28.5 Å². The second-order valence-corrected chi connectivity index (χ2v) is 4.29. The molecule has 3 nitrogen and oxygen atoms in total. The Morgan fingerprint density at radius 1 is 1.47 bits per heavy atom. The second-order valence-electron chi connectivity index (χ2n) is 3.34. The minimum absolute atomic E-state index is 0.0736. The van der Waals surface area contributed by atoms with E-state index < -0.39 is 0 Å². The quantitative estimate of drug-likeness (QED) is 0.795. The van der Waals surface area contributed by atoms with E-state index in [1.165, 1.54) is 15.9 Å². The Morgan fingerprint density at radius 2 is 2.27 bits per heavy atom. The van der Waals surface area contributed by atoms with Crippen molar-refractivity contribution in [3.8, 4) is 0 Å². The van der Waals surface area contributed by atoms with Crippen molar-refractivity contribution in [2.45, 2.75) is 19.9 Å². The normalized spacial score (nSPS) is 10.7. The molecular formula is C11H11NO2S. The number of pyridine rings is 1. The van der Waals surface area contributed by atoms with Crippen LogP contribution in [0.3, 0.4) is 0 Å². The molecule has 0 amide bonds. The monoisotopic (exact) mass is 221 g/mol. The maximum atomic E-state index is 11.9. The Kier molecular flexibility index (Phi) is 2.68. The lowest BCUT2D eigenvalue weighted by Gasteiger charge is -2.03. The molecule has 0 aliphatic carbocycles. The molecule has 0 aromatic carbocycles. The molecule has 0 radical (unpaired) electrons. The van der Waals surface area contributed by atoms with E-state index in [1.54, 1.807) is 19.2 Å². The van der Waals surface area contributed by atoms with Crippen LogP contribution < -0.4 is 5.56 Å². The lowest BCUT2D eigenvalue weighted by molar-refractivity contribution is -0.119. The van der Waals surface area contributed by atoms with E-state index in [1.807, 2.05) is 11.4 Å². The topological polar surface area (TPSA) is 39.1 Å². The summed E-state index contributed by atoms with van der Waals surface area (Å²) < 4.78 is 2.45. The third kappa shape index (κ3) is 1.85. The van der Waals surface area contributed by atoms with Gasteiger partial charge in [-0.05, 0) is 17.5 Å². The number of hydrogen-bond acceptors (Lipinski definition) is 3. The number of ketones is 1. The summed E-state index contributed by atoms with van der Waals surface area (Å²) in [5, 5.41) is 2.59. The molecule has 0 unspecified atom stereocenters. The average Bonchev–Trinajstić information content (AvgIpc) is 2.70. The van der Waals surface area contributed by atoms with Crippen LogP contribution in [0.5, 0.6) is 0 Å². The van der Waals surface area contributed by atoms with Crippen molar-refractivity contribution in [1.29, 1.82) is 0 Å². The standard InChI is InChI=1S/C11H11NO2S/c1-2-8(13)7-12-5-3-10-9(11(12)14)4-6-15-10/h3-6H,2,7H2,1H3. The van der Waals surface area contributed by atoms with Gasteiger partial charge in [0.05, 0.1) is 11.9 Å². The third-order valence-corrected chi connectivity index (χ3v) is 3.22. The van der Waals surface area contributed by atoms with Crippen LogP contribution in [0, 0.1) is 0 Å². The molecule has 2 aromatic heterocycles. The Bertz CT molecular complexity index is 553. The van der Waals surface area contributed by atoms with Gasteiger partial charge in [0.1, 0.15) is 0 Å². The van der Waals surface area contributed by atoms with E-state index in [9.17, 15) is 9.59 Å². The summed E-state index contributed by atoms with van der Waals surface area (Å²) >= 11 is 1.54. The highest BCUT2D eigenvalue weighted by Gasteiger charge is 2.05. The minimum Gasteiger partial charge on any atom is -0.308 e. The smallest absolute Gasteiger partial charge is 0.259 e. The molecular weight excluding hydrogens is 210 g/mol. The number of carbonyl (C=O) groups excluding carboxylic acids is 1. The SMILES string of the molecule is CCC(=O)Cn1ccc2sccc2c1=O. The van der Waals surface area contributed by atoms with Crippen molar-refractivity contribution in [1.82, 2.24) is 4.57 Å². The van der Waals surface area contributed by atoms with Gasteiger partial charge in [-0.25, -0.2) is 0 Å². The molecule has 2 aromatic rings. The van der Waals surface area contributed by atoms with Gasteiger partial charge >= 0.3 is 0 Å². The molecule has 2 heterocycles. The summed E-state index contributed by atoms with van der Waals surface area (Å²) in [6.45, 7) is 1.98. The van der Waals surface area contributed by atoms with Gasteiger partial charge in [-0.1, -0.05) is 6.92 Å². The van der Waals surface area contributed by atoms with Gasteiger partial charge in [-0.3, -0.25) is 9.59 Å². The zero-order valence-corrected chi connectivity index (χ0v) is 9.21. The van der Waals surface area contributed by atoms with Crippen LogP contribution in [-0.4, -0.2) is 10.4 Å². The summed E-state index contributed by atoms with van der Waals surface area (Å²) in [7, 11) is 0. The molecule has 0 aliphatic heterocycles. The molecule has 15 heavy (non-hydrogen) atoms. The van der Waals surface area contributed by atoms with Gasteiger partial charge in [0.15, 0.2) is 5.78 Å². The van der Waals surface area contributed by atoms with Gasteiger partial charge in [0, 0.05) is 17.3 Å². The van der Waals surface area contributed by atoms with Crippen LogP contribution in [0.2, 0.25) is 0 Å². The lowest BCUT2D eigenvalue weighted by atomic mass is 10.3. The number of fused-ring (bicyclic) bond motifs is 1. The largest absolute Gasteiger partial charge is 0.308 e. The van der Waals surface area contributed by atoms with E-state index in [4.69, 9.17) is 0 Å². The zero-order chi connectivity index (χ0) is 10.8. The summed E-state index contributed by atoms with van der Waals surface area (Å²) in [5.41, 5.74) is -0.0736. The fourth-order valence-electron chi connectivity index (χ4n) is 1.43. The summed E-state index contributed by atoms with van der Waals surface area (Å²) in [5.74, 6) is 0.0756. The van der Waals surface area contributed by atoms with Crippen molar-refractivity contribution in [2.75, 3.05) is 0 Å². The second kappa shape index (κ2) is 3.98. The maximum absolute atomic E-state index is 11.9. The van der Waals surface area contributed by atoms with Crippen LogP contribution >= 0.6 is 11.3 Å². The van der Waals surface area contributed by atoms with Crippen molar-refractivity contribution in [2.24, 2.45) is 0 Å². The molecule has 0 bridgehead atoms.